The molecule has 234 valence electrons. The molecule has 1 aromatic heterocycles. The fourth-order valence-corrected chi connectivity index (χ4v) is 8.92. The van der Waals surface area contributed by atoms with Crippen LogP contribution in [0.3, 0.4) is 0 Å². The number of amides is 1. The minimum absolute atomic E-state index is 0.152. The molecule has 1 amide bonds. The number of rotatable bonds is 10. The smallest absolute Gasteiger partial charge is 0.350 e. The zero-order chi connectivity index (χ0) is 30.7. The molecule has 0 aliphatic carbocycles. The van der Waals surface area contributed by atoms with Gasteiger partial charge in [-0.1, -0.05) is 19.1 Å². The van der Waals surface area contributed by atoms with Crippen LogP contribution in [-0.4, -0.2) is 76.0 Å². The predicted octanol–water partition coefficient (Wildman–Crippen LogP) is 3.32. The highest BCUT2D eigenvalue weighted by molar-refractivity contribution is 7.91. The largest absolute Gasteiger partial charge is 0.416 e. The number of ether oxygens (including phenoxy) is 1. The maximum absolute atomic E-state index is 13.8. The minimum Gasteiger partial charge on any atom is -0.350 e. The number of thiophene rings is 1. The van der Waals surface area contributed by atoms with E-state index in [0.717, 1.165) is 44.9 Å². The number of hydroxylamine groups is 1. The van der Waals surface area contributed by atoms with E-state index in [4.69, 9.17) is 9.57 Å². The molecule has 2 fully saturated rings. The van der Waals surface area contributed by atoms with Gasteiger partial charge in [-0.05, 0) is 56.0 Å². The first-order chi connectivity index (χ1) is 19.7. The average molecular weight is 655 g/mol. The number of nitrogens with one attached hydrogen (secondary N) is 2. The highest BCUT2D eigenvalue weighted by Gasteiger charge is 2.44. The van der Waals surface area contributed by atoms with Gasteiger partial charge in [0.25, 0.3) is 26.1 Å². The standard InChI is InChI=1S/C25H33F3N4O7S3/c1-3-17(2)30-42(36,37)31-13-14-32(20(16-31)24(33)29-39-22-6-4-5-15-38-22)41(34,35)23-12-11-21(40-23)18-7-9-19(10-8-18)25(26,27)28/h7-12,17,20,22,30H,3-6,13-16H2,1-2H3,(H,29,33). The second kappa shape index (κ2) is 13.3. The Morgan fingerprint density at radius 1 is 1.12 bits per heavy atom. The van der Waals surface area contributed by atoms with Gasteiger partial charge in [-0.15, -0.1) is 11.3 Å². The zero-order valence-electron chi connectivity index (χ0n) is 23.0. The Bertz CT molecular complexity index is 1440. The van der Waals surface area contributed by atoms with Gasteiger partial charge in [-0.25, -0.2) is 18.7 Å². The molecule has 2 aromatic rings. The van der Waals surface area contributed by atoms with Crippen LogP contribution in [0.25, 0.3) is 10.4 Å². The summed E-state index contributed by atoms with van der Waals surface area (Å²) in [5.41, 5.74) is 1.80. The topological polar surface area (TPSA) is 134 Å². The lowest BCUT2D eigenvalue weighted by atomic mass is 10.1. The summed E-state index contributed by atoms with van der Waals surface area (Å²) in [5, 5.41) is 0. The van der Waals surface area contributed by atoms with Crippen molar-refractivity contribution in [2.45, 2.75) is 68.3 Å². The van der Waals surface area contributed by atoms with Crippen molar-refractivity contribution in [3.05, 3.63) is 42.0 Å². The van der Waals surface area contributed by atoms with Crippen LogP contribution < -0.4 is 10.2 Å². The third kappa shape index (κ3) is 7.68. The first kappa shape index (κ1) is 32.8. The molecule has 2 aliphatic heterocycles. The molecule has 0 saturated carbocycles. The lowest BCUT2D eigenvalue weighted by molar-refractivity contribution is -0.202. The van der Waals surface area contributed by atoms with E-state index >= 15 is 0 Å². The maximum atomic E-state index is 13.8. The van der Waals surface area contributed by atoms with Gasteiger partial charge in [-0.3, -0.25) is 4.79 Å². The van der Waals surface area contributed by atoms with E-state index in [1.54, 1.807) is 13.8 Å². The quantitative estimate of drug-likeness (QED) is 0.376. The van der Waals surface area contributed by atoms with Crippen LogP contribution in [0.2, 0.25) is 0 Å². The second-order valence-corrected chi connectivity index (χ2v) is 14.9. The van der Waals surface area contributed by atoms with Crippen LogP contribution in [0.5, 0.6) is 0 Å². The van der Waals surface area contributed by atoms with Crippen molar-refractivity contribution in [3.8, 4) is 10.4 Å². The third-order valence-corrected chi connectivity index (χ3v) is 12.2. The van der Waals surface area contributed by atoms with Crippen molar-refractivity contribution in [3.63, 3.8) is 0 Å². The van der Waals surface area contributed by atoms with Gasteiger partial charge in [0.15, 0.2) is 6.29 Å². The molecule has 2 N–H and O–H groups in total. The Morgan fingerprint density at radius 3 is 2.45 bits per heavy atom. The van der Waals surface area contributed by atoms with Crippen molar-refractivity contribution in [2.75, 3.05) is 26.2 Å². The van der Waals surface area contributed by atoms with Gasteiger partial charge < -0.3 is 4.74 Å². The van der Waals surface area contributed by atoms with Crippen LogP contribution in [0.1, 0.15) is 45.1 Å². The summed E-state index contributed by atoms with van der Waals surface area (Å²) in [6.45, 7) is 2.93. The van der Waals surface area contributed by atoms with Gasteiger partial charge >= 0.3 is 6.18 Å². The summed E-state index contributed by atoms with van der Waals surface area (Å²) in [4.78, 5) is 19.1. The Morgan fingerprint density at radius 2 is 1.83 bits per heavy atom. The molecule has 4 rings (SSSR count). The molecule has 0 radical (unpaired) electrons. The van der Waals surface area contributed by atoms with E-state index in [-0.39, 0.29) is 23.3 Å². The van der Waals surface area contributed by atoms with E-state index in [1.165, 1.54) is 24.3 Å². The van der Waals surface area contributed by atoms with Crippen LogP contribution in [0, 0.1) is 0 Å². The van der Waals surface area contributed by atoms with Gasteiger partial charge in [0, 0.05) is 43.6 Å². The van der Waals surface area contributed by atoms with Gasteiger partial charge in [-0.2, -0.15) is 34.9 Å². The Labute approximate surface area is 247 Å². The summed E-state index contributed by atoms with van der Waals surface area (Å²) < 4.78 is 102. The van der Waals surface area contributed by atoms with Gasteiger partial charge in [0.2, 0.25) is 0 Å². The van der Waals surface area contributed by atoms with Crippen molar-refractivity contribution >= 4 is 37.5 Å². The number of carbonyl (C=O) groups is 1. The summed E-state index contributed by atoms with van der Waals surface area (Å²) in [6, 6.07) is 5.24. The number of alkyl halides is 3. The van der Waals surface area contributed by atoms with Crippen LogP contribution in [-0.2, 0) is 40.8 Å². The van der Waals surface area contributed by atoms with Crippen molar-refractivity contribution < 1.29 is 44.4 Å². The Hall–Kier alpha value is -2.12. The molecular weight excluding hydrogens is 621 g/mol. The van der Waals surface area contributed by atoms with E-state index < -0.39 is 56.8 Å². The molecule has 0 bridgehead atoms. The monoisotopic (exact) mass is 654 g/mol. The molecule has 1 aromatic carbocycles. The third-order valence-electron chi connectivity index (χ3n) is 6.97. The molecule has 2 saturated heterocycles. The fraction of sp³-hybridized carbons (Fsp3) is 0.560. The summed E-state index contributed by atoms with van der Waals surface area (Å²) in [5.74, 6) is -0.865. The maximum Gasteiger partial charge on any atom is 0.416 e. The van der Waals surface area contributed by atoms with E-state index in [2.05, 4.69) is 10.2 Å². The van der Waals surface area contributed by atoms with Gasteiger partial charge in [0.05, 0.1) is 5.56 Å². The Balaban J connectivity index is 1.58. The van der Waals surface area contributed by atoms with E-state index in [0.29, 0.717) is 29.9 Å². The number of nitrogens with zero attached hydrogens (tertiary/aromatic N) is 2. The molecule has 11 nitrogen and oxygen atoms in total. The van der Waals surface area contributed by atoms with Crippen molar-refractivity contribution in [2.24, 2.45) is 0 Å². The molecule has 3 unspecified atom stereocenters. The van der Waals surface area contributed by atoms with E-state index in [1.807, 2.05) is 0 Å². The van der Waals surface area contributed by atoms with Gasteiger partial charge in [0.1, 0.15) is 10.3 Å². The summed E-state index contributed by atoms with van der Waals surface area (Å²) >= 11 is 0.829. The molecule has 0 spiro atoms. The molecule has 3 heterocycles. The minimum atomic E-state index is -4.51. The average Bonchev–Trinajstić information content (AvgIpc) is 3.47. The SMILES string of the molecule is CCC(C)NS(=O)(=O)N1CCN(S(=O)(=O)c2ccc(-c3ccc(C(F)(F)F)cc3)s2)C(C(=O)NOC2CCCCO2)C1. The van der Waals surface area contributed by atoms with Crippen molar-refractivity contribution in [1.29, 1.82) is 0 Å². The molecule has 2 aliphatic rings. The summed E-state index contributed by atoms with van der Waals surface area (Å²) in [7, 11) is -8.37. The van der Waals surface area contributed by atoms with Crippen LogP contribution in [0.15, 0.2) is 40.6 Å². The predicted molar refractivity (Wildman–Crippen MR) is 149 cm³/mol. The number of piperazine rings is 1. The number of hydrogen-bond donors (Lipinski definition) is 2. The van der Waals surface area contributed by atoms with Crippen molar-refractivity contribution in [1.82, 2.24) is 18.8 Å². The summed E-state index contributed by atoms with van der Waals surface area (Å²) in [6.07, 6.45) is -2.53. The molecule has 42 heavy (non-hydrogen) atoms. The highest BCUT2D eigenvalue weighted by atomic mass is 32.2. The number of benzene rings is 1. The lowest BCUT2D eigenvalue weighted by Crippen LogP contribution is -2.63. The van der Waals surface area contributed by atoms with Crippen LogP contribution in [0.4, 0.5) is 13.2 Å². The number of sulfonamides is 1. The normalized spacial score (nSPS) is 22.1. The van der Waals surface area contributed by atoms with Crippen LogP contribution >= 0.6 is 11.3 Å². The zero-order valence-corrected chi connectivity index (χ0v) is 25.4. The first-order valence-electron chi connectivity index (χ1n) is 13.4. The number of hydrogen-bond acceptors (Lipinski definition) is 8. The highest BCUT2D eigenvalue weighted by Crippen LogP contribution is 2.36. The molecular formula is C25H33F3N4O7S3. The fourth-order valence-electron chi connectivity index (χ4n) is 4.42. The second-order valence-electron chi connectivity index (χ2n) is 10.00. The number of carbonyl (C=O) groups excluding carboxylic acids is 1. The Kier molecular flexibility index (Phi) is 10.3. The molecule has 17 heteroatoms. The lowest BCUT2D eigenvalue weighted by Gasteiger charge is -2.39. The first-order valence-corrected chi connectivity index (χ1v) is 17.1. The molecule has 3 atom stereocenters. The van der Waals surface area contributed by atoms with E-state index in [9.17, 15) is 34.8 Å². The number of halogens is 3.